The number of carbonyl (C=O) groups is 2. The molecule has 0 aliphatic heterocycles. The monoisotopic (exact) mass is 458 g/mol. The van der Waals surface area contributed by atoms with E-state index in [1.165, 1.54) is 0 Å². The molecule has 1 heterocycles. The zero-order valence-electron chi connectivity index (χ0n) is 20.3. The zero-order chi connectivity index (χ0) is 24.4. The van der Waals surface area contributed by atoms with Crippen LogP contribution in [-0.4, -0.2) is 17.6 Å². The number of rotatable bonds is 5. The minimum atomic E-state index is -0.525. The minimum Gasteiger partial charge on any atom is -0.453 e. The smallest absolute Gasteiger partial charge is 0.379 e. The molecule has 0 radical (unpaired) electrons. The second-order valence-electron chi connectivity index (χ2n) is 9.16. The maximum Gasteiger partial charge on any atom is 0.379 e. The lowest BCUT2D eigenvalue weighted by Crippen LogP contribution is -2.22. The Morgan fingerprint density at radius 1 is 1.03 bits per heavy atom. The molecule has 0 fully saturated rings. The van der Waals surface area contributed by atoms with Gasteiger partial charge < -0.3 is 9.15 Å². The normalized spacial score (nSPS) is 14.2. The van der Waals surface area contributed by atoms with Gasteiger partial charge in [0.1, 0.15) is 11.5 Å². The third kappa shape index (κ3) is 4.81. The average molecular weight is 459 g/mol. The van der Waals surface area contributed by atoms with E-state index >= 15 is 0 Å². The second kappa shape index (κ2) is 9.67. The van der Waals surface area contributed by atoms with Gasteiger partial charge in [-0.2, -0.15) is 5.10 Å². The highest BCUT2D eigenvalue weighted by molar-refractivity contribution is 6.06. The van der Waals surface area contributed by atoms with Gasteiger partial charge in [-0.15, -0.1) is 0 Å². The lowest BCUT2D eigenvalue weighted by atomic mass is 9.93. The number of benzene rings is 2. The van der Waals surface area contributed by atoms with Gasteiger partial charge in [-0.3, -0.25) is 4.79 Å². The number of esters is 1. The number of amides is 1. The van der Waals surface area contributed by atoms with Crippen molar-refractivity contribution in [3.63, 3.8) is 0 Å². The van der Waals surface area contributed by atoms with E-state index in [2.05, 4.69) is 24.4 Å². The van der Waals surface area contributed by atoms with E-state index in [9.17, 15) is 9.59 Å². The van der Waals surface area contributed by atoms with Crippen molar-refractivity contribution >= 4 is 17.6 Å². The van der Waals surface area contributed by atoms with E-state index in [-0.39, 0.29) is 17.6 Å². The number of ether oxygens (including phenoxy) is 1. The summed E-state index contributed by atoms with van der Waals surface area (Å²) in [6.45, 7) is 9.86. The molecule has 34 heavy (non-hydrogen) atoms. The van der Waals surface area contributed by atoms with E-state index in [4.69, 9.17) is 9.15 Å². The molecule has 176 valence electrons. The molecule has 0 bridgehead atoms. The van der Waals surface area contributed by atoms with Crippen LogP contribution in [0.1, 0.15) is 87.1 Å². The SMILES string of the molecule is Cc1cccc(C(=O)N/N=C2\CCCc3oc(C(=O)Oc4cc(C)ccc4C(C)C)c(C)c32)c1. The van der Waals surface area contributed by atoms with Crippen LogP contribution in [0, 0.1) is 20.8 Å². The van der Waals surface area contributed by atoms with E-state index in [1.54, 1.807) is 6.07 Å². The molecular weight excluding hydrogens is 428 g/mol. The Bertz CT molecular complexity index is 1280. The van der Waals surface area contributed by atoms with Crippen LogP contribution in [0.15, 0.2) is 52.0 Å². The molecule has 0 atom stereocenters. The standard InChI is InChI=1S/C28H30N2O4/c1-16(2)21-13-12-18(4)15-24(21)34-28(32)26-19(5)25-22(10-7-11-23(25)33-26)29-30-27(31)20-9-6-8-17(3)14-20/h6,8-9,12-16H,7,10-11H2,1-5H3,(H,30,31)/b29-22+. The van der Waals surface area contributed by atoms with Gasteiger partial charge in [0.05, 0.1) is 5.71 Å². The fourth-order valence-electron chi connectivity index (χ4n) is 4.30. The lowest BCUT2D eigenvalue weighted by molar-refractivity contribution is 0.0696. The molecule has 0 saturated heterocycles. The summed E-state index contributed by atoms with van der Waals surface area (Å²) >= 11 is 0. The number of carbonyl (C=O) groups excluding carboxylic acids is 2. The Morgan fingerprint density at radius 2 is 1.79 bits per heavy atom. The van der Waals surface area contributed by atoms with Gasteiger partial charge in [0.15, 0.2) is 0 Å². The predicted octanol–water partition coefficient (Wildman–Crippen LogP) is 6.02. The van der Waals surface area contributed by atoms with E-state index in [0.717, 1.165) is 28.7 Å². The van der Waals surface area contributed by atoms with Crippen LogP contribution in [0.3, 0.4) is 0 Å². The maximum absolute atomic E-state index is 13.1. The topological polar surface area (TPSA) is 80.9 Å². The van der Waals surface area contributed by atoms with E-state index in [1.807, 2.05) is 57.2 Å². The molecular formula is C28H30N2O4. The van der Waals surface area contributed by atoms with Crippen molar-refractivity contribution in [2.75, 3.05) is 0 Å². The van der Waals surface area contributed by atoms with Crippen molar-refractivity contribution in [3.05, 3.63) is 87.4 Å². The summed E-state index contributed by atoms with van der Waals surface area (Å²) in [5.41, 5.74) is 8.37. The van der Waals surface area contributed by atoms with Crippen LogP contribution < -0.4 is 10.2 Å². The van der Waals surface area contributed by atoms with Crippen molar-refractivity contribution in [2.24, 2.45) is 5.10 Å². The number of nitrogens with one attached hydrogen (secondary N) is 1. The molecule has 1 N–H and O–H groups in total. The average Bonchev–Trinajstić information content (AvgIpc) is 3.14. The molecule has 4 rings (SSSR count). The summed E-state index contributed by atoms with van der Waals surface area (Å²) in [6, 6.07) is 13.2. The van der Waals surface area contributed by atoms with Gasteiger partial charge in [-0.25, -0.2) is 10.2 Å². The number of furan rings is 1. The van der Waals surface area contributed by atoms with Crippen LogP contribution >= 0.6 is 0 Å². The third-order valence-electron chi connectivity index (χ3n) is 6.08. The molecule has 1 aliphatic rings. The Morgan fingerprint density at radius 3 is 2.53 bits per heavy atom. The molecule has 0 spiro atoms. The first-order valence-electron chi connectivity index (χ1n) is 11.6. The first kappa shape index (κ1) is 23.5. The van der Waals surface area contributed by atoms with Crippen LogP contribution in [0.5, 0.6) is 5.75 Å². The third-order valence-corrected chi connectivity index (χ3v) is 6.08. The Hall–Kier alpha value is -3.67. The Balaban J connectivity index is 1.59. The van der Waals surface area contributed by atoms with Crippen molar-refractivity contribution in [1.82, 2.24) is 5.43 Å². The van der Waals surface area contributed by atoms with Gasteiger partial charge in [0, 0.05) is 23.1 Å². The van der Waals surface area contributed by atoms with Crippen LogP contribution in [0.25, 0.3) is 0 Å². The molecule has 2 aromatic carbocycles. The van der Waals surface area contributed by atoms with Crippen LogP contribution in [0.2, 0.25) is 0 Å². The van der Waals surface area contributed by atoms with Crippen LogP contribution in [0.4, 0.5) is 0 Å². The number of hydrogen-bond donors (Lipinski definition) is 1. The largest absolute Gasteiger partial charge is 0.453 e. The van der Waals surface area contributed by atoms with Gasteiger partial charge in [-0.05, 0) is 68.9 Å². The summed E-state index contributed by atoms with van der Waals surface area (Å²) in [7, 11) is 0. The van der Waals surface area contributed by atoms with Gasteiger partial charge in [0.25, 0.3) is 5.91 Å². The van der Waals surface area contributed by atoms with Crippen molar-refractivity contribution in [2.45, 2.75) is 59.8 Å². The quantitative estimate of drug-likeness (QED) is 0.288. The highest BCUT2D eigenvalue weighted by Crippen LogP contribution is 2.32. The summed E-state index contributed by atoms with van der Waals surface area (Å²) in [5, 5.41) is 4.40. The minimum absolute atomic E-state index is 0.181. The van der Waals surface area contributed by atoms with Gasteiger partial charge >= 0.3 is 5.97 Å². The summed E-state index contributed by atoms with van der Waals surface area (Å²) in [6.07, 6.45) is 2.21. The molecule has 0 unspecified atom stereocenters. The predicted molar refractivity (Wildman–Crippen MR) is 132 cm³/mol. The maximum atomic E-state index is 13.1. The second-order valence-corrected chi connectivity index (χ2v) is 9.16. The summed E-state index contributed by atoms with van der Waals surface area (Å²) < 4.78 is 11.8. The number of aryl methyl sites for hydroxylation is 3. The van der Waals surface area contributed by atoms with Crippen molar-refractivity contribution < 1.29 is 18.7 Å². The molecule has 1 amide bonds. The number of hydrazone groups is 1. The van der Waals surface area contributed by atoms with Gasteiger partial charge in [0.2, 0.25) is 5.76 Å². The highest BCUT2D eigenvalue weighted by Gasteiger charge is 2.29. The van der Waals surface area contributed by atoms with Gasteiger partial charge in [-0.1, -0.05) is 43.7 Å². The molecule has 6 heteroatoms. The molecule has 3 aromatic rings. The zero-order valence-corrected chi connectivity index (χ0v) is 20.3. The fraction of sp³-hybridized carbons (Fsp3) is 0.321. The highest BCUT2D eigenvalue weighted by atomic mass is 16.5. The molecule has 1 aliphatic carbocycles. The van der Waals surface area contributed by atoms with Crippen molar-refractivity contribution in [3.8, 4) is 5.75 Å². The summed E-state index contributed by atoms with van der Waals surface area (Å²) in [4.78, 5) is 25.7. The lowest BCUT2D eigenvalue weighted by Gasteiger charge is -2.13. The first-order valence-corrected chi connectivity index (χ1v) is 11.6. The Labute approximate surface area is 200 Å². The number of fused-ring (bicyclic) bond motifs is 1. The first-order chi connectivity index (χ1) is 16.2. The molecule has 1 aromatic heterocycles. The fourth-order valence-corrected chi connectivity index (χ4v) is 4.30. The number of nitrogens with zero attached hydrogens (tertiary/aromatic N) is 1. The van der Waals surface area contributed by atoms with Crippen molar-refractivity contribution in [1.29, 1.82) is 0 Å². The molecule has 6 nitrogen and oxygen atoms in total. The molecule has 0 saturated carbocycles. The number of hydrogen-bond acceptors (Lipinski definition) is 5. The van der Waals surface area contributed by atoms with E-state index < -0.39 is 5.97 Å². The van der Waals surface area contributed by atoms with E-state index in [0.29, 0.717) is 41.2 Å². The Kier molecular flexibility index (Phi) is 6.68. The van der Waals surface area contributed by atoms with Crippen LogP contribution in [-0.2, 0) is 6.42 Å². The summed E-state index contributed by atoms with van der Waals surface area (Å²) in [5.74, 6) is 0.846.